The Kier molecular flexibility index (Phi) is 2.92. The molecule has 0 spiro atoms. The maximum Gasteiger partial charge on any atom is 0.177 e. The third kappa shape index (κ3) is 2.18. The van der Waals surface area contributed by atoms with E-state index in [1.165, 1.54) is 24.2 Å². The summed E-state index contributed by atoms with van der Waals surface area (Å²) in [6.45, 7) is 4.35. The highest BCUT2D eigenvalue weighted by Crippen LogP contribution is 2.47. The number of nitriles is 1. The molecule has 92 valence electrons. The Morgan fingerprint density at radius 3 is 2.65 bits per heavy atom. The van der Waals surface area contributed by atoms with Crippen molar-refractivity contribution in [3.05, 3.63) is 4.88 Å². The van der Waals surface area contributed by atoms with E-state index in [-0.39, 0.29) is 5.54 Å². The van der Waals surface area contributed by atoms with Crippen molar-refractivity contribution < 1.29 is 4.74 Å². The van der Waals surface area contributed by atoms with Gasteiger partial charge in [-0.15, -0.1) is 11.3 Å². The number of nitrogen functional groups attached to an aromatic ring is 1. The average Bonchev–Trinajstić information content (AvgIpc) is 3.06. The van der Waals surface area contributed by atoms with Gasteiger partial charge in [0, 0.05) is 5.54 Å². The van der Waals surface area contributed by atoms with E-state index in [9.17, 15) is 0 Å². The van der Waals surface area contributed by atoms with Crippen molar-refractivity contribution in [2.45, 2.75) is 32.2 Å². The molecule has 0 amide bonds. The number of rotatable bonds is 4. The van der Waals surface area contributed by atoms with Gasteiger partial charge >= 0.3 is 0 Å². The number of nitrogens with zero attached hydrogens (tertiary/aromatic N) is 1. The number of ether oxygens (including phenoxy) is 1. The molecule has 1 heterocycles. The lowest BCUT2D eigenvalue weighted by Crippen LogP contribution is -2.32. The Morgan fingerprint density at radius 1 is 1.53 bits per heavy atom. The van der Waals surface area contributed by atoms with Crippen LogP contribution >= 0.6 is 11.3 Å². The van der Waals surface area contributed by atoms with Gasteiger partial charge in [0.25, 0.3) is 0 Å². The standard InChI is InChI=1S/C12H17N3OS/c1-12(2,7-4-5-7)15-11-10(16-3)9(14)8(6-13)17-11/h7,15H,4-5,14H2,1-3H3. The maximum absolute atomic E-state index is 8.97. The van der Waals surface area contributed by atoms with Crippen LogP contribution in [0.3, 0.4) is 0 Å². The number of methoxy groups -OCH3 is 1. The Hall–Kier alpha value is -1.41. The Morgan fingerprint density at radius 2 is 2.18 bits per heavy atom. The summed E-state index contributed by atoms with van der Waals surface area (Å²) >= 11 is 1.36. The molecule has 5 heteroatoms. The molecule has 0 atom stereocenters. The Bertz CT molecular complexity index is 469. The smallest absolute Gasteiger partial charge is 0.177 e. The summed E-state index contributed by atoms with van der Waals surface area (Å²) in [6, 6.07) is 2.09. The third-order valence-corrected chi connectivity index (χ3v) is 4.25. The van der Waals surface area contributed by atoms with Crippen LogP contribution in [0.5, 0.6) is 5.75 Å². The van der Waals surface area contributed by atoms with Crippen molar-refractivity contribution in [2.75, 3.05) is 18.2 Å². The average molecular weight is 251 g/mol. The molecule has 0 aliphatic heterocycles. The molecule has 1 aliphatic carbocycles. The molecule has 0 radical (unpaired) electrons. The molecule has 1 fully saturated rings. The van der Waals surface area contributed by atoms with E-state index in [1.54, 1.807) is 7.11 Å². The first kappa shape index (κ1) is 12.1. The van der Waals surface area contributed by atoms with E-state index in [1.807, 2.05) is 0 Å². The third-order valence-electron chi connectivity index (χ3n) is 3.24. The highest BCUT2D eigenvalue weighted by molar-refractivity contribution is 7.17. The van der Waals surface area contributed by atoms with Crippen LogP contribution in [0.25, 0.3) is 0 Å². The van der Waals surface area contributed by atoms with Crippen LogP contribution in [-0.2, 0) is 0 Å². The monoisotopic (exact) mass is 251 g/mol. The summed E-state index contributed by atoms with van der Waals surface area (Å²) in [5, 5.41) is 13.3. The molecule has 2 rings (SSSR count). The largest absolute Gasteiger partial charge is 0.492 e. The second-order valence-electron chi connectivity index (χ2n) is 4.94. The highest BCUT2D eigenvalue weighted by Gasteiger charge is 2.38. The van der Waals surface area contributed by atoms with Gasteiger partial charge in [-0.25, -0.2) is 0 Å². The molecule has 1 saturated carbocycles. The molecule has 0 unspecified atom stereocenters. The molecule has 4 nitrogen and oxygen atoms in total. The van der Waals surface area contributed by atoms with Gasteiger partial charge in [-0.05, 0) is 32.6 Å². The molecule has 0 saturated heterocycles. The van der Waals surface area contributed by atoms with Gasteiger partial charge in [-0.1, -0.05) is 0 Å². The fraction of sp³-hybridized carbons (Fsp3) is 0.583. The van der Waals surface area contributed by atoms with E-state index in [0.29, 0.717) is 22.2 Å². The van der Waals surface area contributed by atoms with Crippen molar-refractivity contribution >= 4 is 22.0 Å². The lowest BCUT2D eigenvalue weighted by atomic mass is 9.99. The first-order valence-corrected chi connectivity index (χ1v) is 6.45. The number of nitrogens with two attached hydrogens (primary N) is 1. The summed E-state index contributed by atoms with van der Waals surface area (Å²) < 4.78 is 5.28. The van der Waals surface area contributed by atoms with E-state index >= 15 is 0 Å². The molecule has 1 aliphatic rings. The van der Waals surface area contributed by atoms with Crippen molar-refractivity contribution in [1.29, 1.82) is 5.26 Å². The molecular formula is C12H17N3OS. The predicted octanol–water partition coefficient (Wildman–Crippen LogP) is 2.81. The lowest BCUT2D eigenvalue weighted by molar-refractivity contribution is 0.416. The minimum absolute atomic E-state index is 0.0251. The Balaban J connectivity index is 2.29. The number of thiophene rings is 1. The fourth-order valence-electron chi connectivity index (χ4n) is 2.00. The summed E-state index contributed by atoms with van der Waals surface area (Å²) in [6.07, 6.45) is 2.52. The van der Waals surface area contributed by atoms with Crippen LogP contribution in [-0.4, -0.2) is 12.6 Å². The fourth-order valence-corrected chi connectivity index (χ4v) is 3.05. The van der Waals surface area contributed by atoms with Crippen molar-refractivity contribution in [3.63, 3.8) is 0 Å². The predicted molar refractivity (Wildman–Crippen MR) is 70.4 cm³/mol. The normalized spacial score (nSPS) is 15.4. The minimum atomic E-state index is 0.0251. The Labute approximate surface area is 105 Å². The number of anilines is 2. The molecule has 1 aromatic heterocycles. The summed E-state index contributed by atoms with van der Waals surface area (Å²) in [4.78, 5) is 0.510. The van der Waals surface area contributed by atoms with Crippen LogP contribution in [0.4, 0.5) is 10.7 Å². The number of hydrogen-bond donors (Lipinski definition) is 2. The molecule has 3 N–H and O–H groups in total. The van der Waals surface area contributed by atoms with E-state index in [0.717, 1.165) is 5.00 Å². The van der Waals surface area contributed by atoms with Gasteiger partial charge in [0.1, 0.15) is 21.6 Å². The van der Waals surface area contributed by atoms with E-state index in [4.69, 9.17) is 15.7 Å². The van der Waals surface area contributed by atoms with Crippen LogP contribution in [0.2, 0.25) is 0 Å². The maximum atomic E-state index is 8.97. The molecule has 0 aromatic carbocycles. The van der Waals surface area contributed by atoms with Crippen LogP contribution < -0.4 is 15.8 Å². The highest BCUT2D eigenvalue weighted by atomic mass is 32.1. The van der Waals surface area contributed by atoms with Gasteiger partial charge in [-0.3, -0.25) is 0 Å². The number of hydrogen-bond acceptors (Lipinski definition) is 5. The zero-order valence-electron chi connectivity index (χ0n) is 10.3. The van der Waals surface area contributed by atoms with Crippen LogP contribution in [0.15, 0.2) is 0 Å². The summed E-state index contributed by atoms with van der Waals surface area (Å²) in [7, 11) is 1.58. The van der Waals surface area contributed by atoms with E-state index < -0.39 is 0 Å². The summed E-state index contributed by atoms with van der Waals surface area (Å²) in [5.74, 6) is 1.29. The van der Waals surface area contributed by atoms with Crippen molar-refractivity contribution in [3.8, 4) is 11.8 Å². The second-order valence-corrected chi connectivity index (χ2v) is 5.96. The molecule has 1 aromatic rings. The summed E-state index contributed by atoms with van der Waals surface area (Å²) in [5.41, 5.74) is 6.32. The van der Waals surface area contributed by atoms with Gasteiger partial charge < -0.3 is 15.8 Å². The van der Waals surface area contributed by atoms with Gasteiger partial charge in [0.05, 0.1) is 7.11 Å². The van der Waals surface area contributed by atoms with Crippen LogP contribution in [0.1, 0.15) is 31.6 Å². The van der Waals surface area contributed by atoms with Crippen LogP contribution in [0, 0.1) is 17.2 Å². The molecular weight excluding hydrogens is 234 g/mol. The first-order valence-electron chi connectivity index (χ1n) is 5.64. The first-order chi connectivity index (χ1) is 7.99. The SMILES string of the molecule is COc1c(NC(C)(C)C2CC2)sc(C#N)c1N. The van der Waals surface area contributed by atoms with Gasteiger partial charge in [0.15, 0.2) is 5.75 Å². The van der Waals surface area contributed by atoms with Gasteiger partial charge in [0.2, 0.25) is 0 Å². The van der Waals surface area contributed by atoms with Gasteiger partial charge in [-0.2, -0.15) is 5.26 Å². The quantitative estimate of drug-likeness (QED) is 0.863. The minimum Gasteiger partial charge on any atom is -0.492 e. The zero-order chi connectivity index (χ0) is 12.6. The zero-order valence-corrected chi connectivity index (χ0v) is 11.1. The van der Waals surface area contributed by atoms with Crippen molar-refractivity contribution in [1.82, 2.24) is 0 Å². The number of nitrogens with one attached hydrogen (secondary N) is 1. The van der Waals surface area contributed by atoms with E-state index in [2.05, 4.69) is 25.2 Å². The molecule has 17 heavy (non-hydrogen) atoms. The second kappa shape index (κ2) is 4.11. The lowest BCUT2D eigenvalue weighted by Gasteiger charge is -2.27. The molecule has 0 bridgehead atoms. The topological polar surface area (TPSA) is 71.1 Å². The van der Waals surface area contributed by atoms with Crippen molar-refractivity contribution in [2.24, 2.45) is 5.92 Å².